The van der Waals surface area contributed by atoms with E-state index in [0.717, 1.165) is 36.3 Å². The lowest BCUT2D eigenvalue weighted by atomic mass is 9.93. The Labute approximate surface area is 154 Å². The molecule has 2 aromatic carbocycles. The first kappa shape index (κ1) is 16.7. The van der Waals surface area contributed by atoms with Crippen LogP contribution in [0.25, 0.3) is 11.1 Å². The van der Waals surface area contributed by atoms with Gasteiger partial charge in [0, 0.05) is 18.3 Å². The Hall–Kier alpha value is -2.72. The van der Waals surface area contributed by atoms with Crippen molar-refractivity contribution in [2.75, 3.05) is 12.3 Å². The minimum absolute atomic E-state index is 0.268. The first-order chi connectivity index (χ1) is 12.8. The molecular weight excluding hydrogens is 320 g/mol. The largest absolute Gasteiger partial charge is 0.368 e. The molecule has 4 rings (SSSR count). The molecule has 2 N–H and O–H groups in total. The molecule has 0 radical (unpaired) electrons. The number of nitrogens with zero attached hydrogens (tertiary/aromatic N) is 3. The van der Waals surface area contributed by atoms with Crippen molar-refractivity contribution in [1.29, 1.82) is 0 Å². The molecule has 1 aromatic heterocycles. The van der Waals surface area contributed by atoms with E-state index in [9.17, 15) is 0 Å². The molecule has 4 nitrogen and oxygen atoms in total. The van der Waals surface area contributed by atoms with Crippen molar-refractivity contribution >= 4 is 5.95 Å². The first-order valence-corrected chi connectivity index (χ1v) is 9.27. The molecular formula is C22H24N4. The van der Waals surface area contributed by atoms with Crippen LogP contribution in [0.15, 0.2) is 66.9 Å². The van der Waals surface area contributed by atoms with Crippen molar-refractivity contribution in [2.24, 2.45) is 0 Å². The number of hydrogen-bond acceptors (Lipinski definition) is 4. The maximum atomic E-state index is 5.97. The SMILES string of the molecule is Nc1ncc(-c2ccccc2)c([C@H]2CCCCN2Cc2ccccc2)n1. The van der Waals surface area contributed by atoms with Crippen LogP contribution in [-0.4, -0.2) is 21.4 Å². The van der Waals surface area contributed by atoms with Gasteiger partial charge in [0.2, 0.25) is 5.95 Å². The van der Waals surface area contributed by atoms with Gasteiger partial charge in [0.05, 0.1) is 11.7 Å². The van der Waals surface area contributed by atoms with Crippen LogP contribution < -0.4 is 5.73 Å². The minimum Gasteiger partial charge on any atom is -0.368 e. The maximum absolute atomic E-state index is 5.97. The quantitative estimate of drug-likeness (QED) is 0.759. The van der Waals surface area contributed by atoms with Crippen LogP contribution in [-0.2, 0) is 6.54 Å². The van der Waals surface area contributed by atoms with Crippen molar-refractivity contribution in [3.8, 4) is 11.1 Å². The van der Waals surface area contributed by atoms with Crippen molar-refractivity contribution in [3.05, 3.63) is 78.1 Å². The maximum Gasteiger partial charge on any atom is 0.220 e. The molecule has 26 heavy (non-hydrogen) atoms. The average molecular weight is 344 g/mol. The molecule has 132 valence electrons. The van der Waals surface area contributed by atoms with E-state index in [4.69, 9.17) is 10.7 Å². The molecule has 4 heteroatoms. The summed E-state index contributed by atoms with van der Waals surface area (Å²) in [7, 11) is 0. The summed E-state index contributed by atoms with van der Waals surface area (Å²) in [5.41, 5.74) is 10.6. The molecule has 1 aliphatic heterocycles. The second kappa shape index (κ2) is 7.67. The molecule has 0 saturated carbocycles. The topological polar surface area (TPSA) is 55.0 Å². The summed E-state index contributed by atoms with van der Waals surface area (Å²) in [5.74, 6) is 0.352. The highest BCUT2D eigenvalue weighted by Gasteiger charge is 2.28. The Morgan fingerprint density at radius 2 is 1.69 bits per heavy atom. The van der Waals surface area contributed by atoms with Gasteiger partial charge in [-0.15, -0.1) is 0 Å². The number of nitrogen functional groups attached to an aromatic ring is 1. The van der Waals surface area contributed by atoms with Gasteiger partial charge in [0.1, 0.15) is 0 Å². The summed E-state index contributed by atoms with van der Waals surface area (Å²) in [6.07, 6.45) is 5.42. The van der Waals surface area contributed by atoms with Gasteiger partial charge < -0.3 is 5.73 Å². The number of likely N-dealkylation sites (tertiary alicyclic amines) is 1. The molecule has 2 heterocycles. The van der Waals surface area contributed by atoms with E-state index < -0.39 is 0 Å². The lowest BCUT2D eigenvalue weighted by Crippen LogP contribution is -2.34. The lowest BCUT2D eigenvalue weighted by molar-refractivity contribution is 0.137. The summed E-state index contributed by atoms with van der Waals surface area (Å²) in [5, 5.41) is 0. The van der Waals surface area contributed by atoms with E-state index in [0.29, 0.717) is 5.95 Å². The second-order valence-corrected chi connectivity index (χ2v) is 6.86. The van der Waals surface area contributed by atoms with Gasteiger partial charge in [-0.25, -0.2) is 9.97 Å². The number of anilines is 1. The smallest absolute Gasteiger partial charge is 0.220 e. The highest BCUT2D eigenvalue weighted by molar-refractivity contribution is 5.66. The summed E-state index contributed by atoms with van der Waals surface area (Å²) in [6, 6.07) is 21.3. The summed E-state index contributed by atoms with van der Waals surface area (Å²) in [6.45, 7) is 2.02. The highest BCUT2D eigenvalue weighted by Crippen LogP contribution is 2.36. The Morgan fingerprint density at radius 1 is 0.962 bits per heavy atom. The highest BCUT2D eigenvalue weighted by atomic mass is 15.2. The summed E-state index contributed by atoms with van der Waals surface area (Å²) < 4.78 is 0. The Morgan fingerprint density at radius 3 is 2.46 bits per heavy atom. The van der Waals surface area contributed by atoms with Gasteiger partial charge >= 0.3 is 0 Å². The molecule has 3 aromatic rings. The van der Waals surface area contributed by atoms with Crippen LogP contribution >= 0.6 is 0 Å². The Balaban J connectivity index is 1.71. The predicted molar refractivity (Wildman–Crippen MR) is 105 cm³/mol. The van der Waals surface area contributed by atoms with E-state index in [1.165, 1.54) is 18.4 Å². The fourth-order valence-electron chi connectivity index (χ4n) is 3.81. The van der Waals surface area contributed by atoms with Crippen LogP contribution in [0.3, 0.4) is 0 Å². The summed E-state index contributed by atoms with van der Waals surface area (Å²) >= 11 is 0. The van der Waals surface area contributed by atoms with Crippen molar-refractivity contribution < 1.29 is 0 Å². The monoisotopic (exact) mass is 344 g/mol. The standard InChI is InChI=1S/C22H24N4/c23-22-24-15-19(18-11-5-2-6-12-18)21(25-22)20-13-7-8-14-26(20)16-17-9-3-1-4-10-17/h1-6,9-12,15,20H,7-8,13-14,16H2,(H2,23,24,25)/t20-/m1/s1. The summed E-state index contributed by atoms with van der Waals surface area (Å²) in [4.78, 5) is 11.5. The van der Waals surface area contributed by atoms with E-state index in [2.05, 4.69) is 64.5 Å². The van der Waals surface area contributed by atoms with Crippen LogP contribution in [0.4, 0.5) is 5.95 Å². The average Bonchev–Trinajstić information content (AvgIpc) is 2.70. The predicted octanol–water partition coefficient (Wildman–Crippen LogP) is 4.45. The first-order valence-electron chi connectivity index (χ1n) is 9.27. The molecule has 1 atom stereocenters. The molecule has 0 spiro atoms. The zero-order valence-corrected chi connectivity index (χ0v) is 14.9. The normalized spacial score (nSPS) is 17.9. The minimum atomic E-state index is 0.268. The van der Waals surface area contributed by atoms with Gasteiger partial charge in [0.25, 0.3) is 0 Å². The van der Waals surface area contributed by atoms with Crippen molar-refractivity contribution in [1.82, 2.24) is 14.9 Å². The fourth-order valence-corrected chi connectivity index (χ4v) is 3.81. The van der Waals surface area contributed by atoms with Crippen LogP contribution in [0.1, 0.15) is 36.6 Å². The Kier molecular flexibility index (Phi) is 4.93. The van der Waals surface area contributed by atoms with Crippen LogP contribution in [0.5, 0.6) is 0 Å². The fraction of sp³-hybridized carbons (Fsp3) is 0.273. The zero-order valence-electron chi connectivity index (χ0n) is 14.9. The third-order valence-electron chi connectivity index (χ3n) is 5.08. The van der Waals surface area contributed by atoms with Crippen LogP contribution in [0, 0.1) is 0 Å². The van der Waals surface area contributed by atoms with Gasteiger partial charge in [-0.1, -0.05) is 67.1 Å². The molecule has 1 fully saturated rings. The van der Waals surface area contributed by atoms with Gasteiger partial charge in [-0.3, -0.25) is 4.90 Å². The van der Waals surface area contributed by atoms with Crippen molar-refractivity contribution in [2.45, 2.75) is 31.8 Å². The number of rotatable bonds is 4. The lowest BCUT2D eigenvalue weighted by Gasteiger charge is -2.36. The third-order valence-corrected chi connectivity index (χ3v) is 5.08. The van der Waals surface area contributed by atoms with E-state index in [-0.39, 0.29) is 6.04 Å². The molecule has 1 saturated heterocycles. The van der Waals surface area contributed by atoms with E-state index in [1.807, 2.05) is 12.3 Å². The molecule has 0 amide bonds. The number of aromatic nitrogens is 2. The van der Waals surface area contributed by atoms with Crippen molar-refractivity contribution in [3.63, 3.8) is 0 Å². The number of benzene rings is 2. The molecule has 0 unspecified atom stereocenters. The number of nitrogens with two attached hydrogens (primary N) is 1. The molecule has 0 aliphatic carbocycles. The van der Waals surface area contributed by atoms with Gasteiger partial charge in [-0.05, 0) is 30.5 Å². The van der Waals surface area contributed by atoms with Crippen LogP contribution in [0.2, 0.25) is 0 Å². The Bertz CT molecular complexity index is 849. The zero-order chi connectivity index (χ0) is 17.8. The number of hydrogen-bond donors (Lipinski definition) is 1. The van der Waals surface area contributed by atoms with E-state index >= 15 is 0 Å². The van der Waals surface area contributed by atoms with E-state index in [1.54, 1.807) is 0 Å². The number of piperidine rings is 1. The molecule has 1 aliphatic rings. The van der Waals surface area contributed by atoms with Gasteiger partial charge in [0.15, 0.2) is 0 Å². The van der Waals surface area contributed by atoms with Gasteiger partial charge in [-0.2, -0.15) is 0 Å². The third kappa shape index (κ3) is 3.60. The second-order valence-electron chi connectivity index (χ2n) is 6.86. The molecule has 0 bridgehead atoms.